The van der Waals surface area contributed by atoms with Gasteiger partial charge in [0.05, 0.1) is 12.8 Å². The van der Waals surface area contributed by atoms with Crippen LogP contribution < -0.4 is 0 Å². The Morgan fingerprint density at radius 1 is 1.27 bits per heavy atom. The lowest BCUT2D eigenvalue weighted by atomic mass is 9.72. The SMILES string of the molecule is COCCN1CC2(CCC1=O)CCN(C(=O)CCn1cc(C)cn1)CC2. The van der Waals surface area contributed by atoms with E-state index in [0.29, 0.717) is 32.5 Å². The van der Waals surface area contributed by atoms with E-state index in [2.05, 4.69) is 5.10 Å². The molecule has 2 amide bonds. The zero-order valence-electron chi connectivity index (χ0n) is 15.9. The Labute approximate surface area is 155 Å². The Morgan fingerprint density at radius 3 is 2.69 bits per heavy atom. The Bertz CT molecular complexity index is 634. The van der Waals surface area contributed by atoms with Gasteiger partial charge in [-0.15, -0.1) is 0 Å². The minimum absolute atomic E-state index is 0.178. The second-order valence-electron chi connectivity index (χ2n) is 7.72. The van der Waals surface area contributed by atoms with Crippen LogP contribution in [0.3, 0.4) is 0 Å². The summed E-state index contributed by atoms with van der Waals surface area (Å²) in [4.78, 5) is 28.6. The van der Waals surface area contributed by atoms with Crippen molar-refractivity contribution < 1.29 is 14.3 Å². The van der Waals surface area contributed by atoms with Gasteiger partial charge in [-0.25, -0.2) is 0 Å². The molecule has 0 N–H and O–H groups in total. The molecule has 26 heavy (non-hydrogen) atoms. The number of methoxy groups -OCH3 is 1. The van der Waals surface area contributed by atoms with Crippen LogP contribution >= 0.6 is 0 Å². The first kappa shape index (κ1) is 18.9. The van der Waals surface area contributed by atoms with E-state index in [1.165, 1.54) is 0 Å². The standard InChI is InChI=1S/C19H30N4O3/c1-16-13-20-23(14-16)8-4-18(25)21-9-6-19(7-10-21)5-3-17(24)22(15-19)11-12-26-2/h13-14H,3-12,15H2,1-2H3. The van der Waals surface area contributed by atoms with E-state index in [0.717, 1.165) is 44.5 Å². The van der Waals surface area contributed by atoms with Crippen molar-refractivity contribution in [3.63, 3.8) is 0 Å². The molecule has 0 radical (unpaired) electrons. The van der Waals surface area contributed by atoms with Crippen LogP contribution in [0.2, 0.25) is 0 Å². The van der Waals surface area contributed by atoms with Crippen molar-refractivity contribution >= 4 is 11.8 Å². The van der Waals surface area contributed by atoms with Crippen LogP contribution in [0.5, 0.6) is 0 Å². The van der Waals surface area contributed by atoms with Gasteiger partial charge in [-0.2, -0.15) is 5.10 Å². The fraction of sp³-hybridized carbons (Fsp3) is 0.737. The second kappa shape index (κ2) is 8.20. The minimum Gasteiger partial charge on any atom is -0.383 e. The lowest BCUT2D eigenvalue weighted by molar-refractivity contribution is -0.143. The molecule has 0 aromatic carbocycles. The maximum absolute atomic E-state index is 12.5. The summed E-state index contributed by atoms with van der Waals surface area (Å²) in [7, 11) is 1.67. The lowest BCUT2D eigenvalue weighted by Gasteiger charge is -2.47. The van der Waals surface area contributed by atoms with Crippen molar-refractivity contribution in [1.82, 2.24) is 19.6 Å². The van der Waals surface area contributed by atoms with Gasteiger partial charge in [0, 0.05) is 58.9 Å². The molecule has 1 aromatic heterocycles. The highest BCUT2D eigenvalue weighted by molar-refractivity contribution is 5.77. The highest BCUT2D eigenvalue weighted by atomic mass is 16.5. The Hall–Kier alpha value is -1.89. The molecule has 2 fully saturated rings. The minimum atomic E-state index is 0.178. The van der Waals surface area contributed by atoms with E-state index in [1.807, 2.05) is 33.8 Å². The Kier molecular flexibility index (Phi) is 5.96. The maximum atomic E-state index is 12.5. The first-order valence-electron chi connectivity index (χ1n) is 9.55. The van der Waals surface area contributed by atoms with Crippen molar-refractivity contribution in [2.45, 2.75) is 45.6 Å². The van der Waals surface area contributed by atoms with Crippen LogP contribution in [0.1, 0.15) is 37.7 Å². The molecule has 0 unspecified atom stereocenters. The average molecular weight is 362 g/mol. The molecule has 3 rings (SSSR count). The van der Waals surface area contributed by atoms with Gasteiger partial charge in [0.15, 0.2) is 0 Å². The molecule has 3 heterocycles. The molecule has 7 nitrogen and oxygen atoms in total. The first-order valence-corrected chi connectivity index (χ1v) is 9.55. The molecule has 0 saturated carbocycles. The Balaban J connectivity index is 1.48. The molecular weight excluding hydrogens is 332 g/mol. The van der Waals surface area contributed by atoms with Crippen molar-refractivity contribution in [2.24, 2.45) is 5.41 Å². The molecule has 1 spiro atoms. The topological polar surface area (TPSA) is 67.7 Å². The zero-order chi connectivity index (χ0) is 18.6. The molecule has 7 heteroatoms. The zero-order valence-corrected chi connectivity index (χ0v) is 15.9. The fourth-order valence-electron chi connectivity index (χ4n) is 4.10. The number of carbonyl (C=O) groups excluding carboxylic acids is 2. The van der Waals surface area contributed by atoms with Gasteiger partial charge in [-0.1, -0.05) is 0 Å². The number of aromatic nitrogens is 2. The van der Waals surface area contributed by atoms with E-state index in [-0.39, 0.29) is 17.2 Å². The third-order valence-corrected chi connectivity index (χ3v) is 5.81. The van der Waals surface area contributed by atoms with E-state index < -0.39 is 0 Å². The van der Waals surface area contributed by atoms with Gasteiger partial charge >= 0.3 is 0 Å². The molecule has 2 aliphatic heterocycles. The Morgan fingerprint density at radius 2 is 2.04 bits per heavy atom. The summed E-state index contributed by atoms with van der Waals surface area (Å²) in [6.45, 7) is 6.28. The summed E-state index contributed by atoms with van der Waals surface area (Å²) >= 11 is 0. The number of piperidine rings is 2. The molecule has 2 aliphatic rings. The predicted octanol–water partition coefficient (Wildman–Crippen LogP) is 1.46. The van der Waals surface area contributed by atoms with E-state index in [4.69, 9.17) is 4.74 Å². The van der Waals surface area contributed by atoms with Crippen molar-refractivity contribution in [3.05, 3.63) is 18.0 Å². The quantitative estimate of drug-likeness (QED) is 0.768. The molecule has 1 aromatic rings. The van der Waals surface area contributed by atoms with E-state index in [9.17, 15) is 9.59 Å². The van der Waals surface area contributed by atoms with Crippen LogP contribution in [-0.2, 0) is 20.9 Å². The highest BCUT2D eigenvalue weighted by Gasteiger charge is 2.41. The number of nitrogens with zero attached hydrogens (tertiary/aromatic N) is 4. The normalized spacial score (nSPS) is 20.0. The number of hydrogen-bond donors (Lipinski definition) is 0. The molecule has 0 atom stereocenters. The molecular formula is C19H30N4O3. The number of ether oxygens (including phenoxy) is 1. The van der Waals surface area contributed by atoms with Gasteiger partial charge in [0.25, 0.3) is 0 Å². The van der Waals surface area contributed by atoms with Crippen LogP contribution in [0, 0.1) is 12.3 Å². The third kappa shape index (κ3) is 4.44. The first-order chi connectivity index (χ1) is 12.5. The molecule has 0 aliphatic carbocycles. The van der Waals surface area contributed by atoms with E-state index >= 15 is 0 Å². The van der Waals surface area contributed by atoms with Crippen LogP contribution in [-0.4, -0.2) is 71.3 Å². The van der Waals surface area contributed by atoms with Gasteiger partial charge in [0.1, 0.15) is 0 Å². The third-order valence-electron chi connectivity index (χ3n) is 5.81. The highest BCUT2D eigenvalue weighted by Crippen LogP contribution is 2.40. The smallest absolute Gasteiger partial charge is 0.224 e. The number of rotatable bonds is 6. The maximum Gasteiger partial charge on any atom is 0.224 e. The van der Waals surface area contributed by atoms with Crippen LogP contribution in [0.25, 0.3) is 0 Å². The molecule has 2 saturated heterocycles. The van der Waals surface area contributed by atoms with Crippen LogP contribution in [0.4, 0.5) is 0 Å². The summed E-state index contributed by atoms with van der Waals surface area (Å²) in [5.41, 5.74) is 1.29. The van der Waals surface area contributed by atoms with E-state index in [1.54, 1.807) is 7.11 Å². The van der Waals surface area contributed by atoms with Gasteiger partial charge in [-0.05, 0) is 37.2 Å². The summed E-state index contributed by atoms with van der Waals surface area (Å²) in [5.74, 6) is 0.442. The lowest BCUT2D eigenvalue weighted by Crippen LogP contribution is -2.53. The van der Waals surface area contributed by atoms with Gasteiger partial charge < -0.3 is 14.5 Å². The van der Waals surface area contributed by atoms with Gasteiger partial charge in [-0.3, -0.25) is 14.3 Å². The van der Waals surface area contributed by atoms with Crippen molar-refractivity contribution in [1.29, 1.82) is 0 Å². The number of likely N-dealkylation sites (tertiary alicyclic amines) is 2. The number of carbonyl (C=O) groups is 2. The number of amides is 2. The molecule has 144 valence electrons. The second-order valence-corrected chi connectivity index (χ2v) is 7.72. The van der Waals surface area contributed by atoms with Crippen molar-refractivity contribution in [3.8, 4) is 0 Å². The largest absolute Gasteiger partial charge is 0.383 e. The fourth-order valence-corrected chi connectivity index (χ4v) is 4.10. The summed E-state index contributed by atoms with van der Waals surface area (Å²) in [6, 6.07) is 0. The monoisotopic (exact) mass is 362 g/mol. The van der Waals surface area contributed by atoms with Gasteiger partial charge in [0.2, 0.25) is 11.8 Å². The summed E-state index contributed by atoms with van der Waals surface area (Å²) < 4.78 is 6.96. The number of hydrogen-bond acceptors (Lipinski definition) is 4. The number of aryl methyl sites for hydroxylation is 2. The summed E-state index contributed by atoms with van der Waals surface area (Å²) in [5, 5.41) is 4.24. The predicted molar refractivity (Wildman–Crippen MR) is 97.5 cm³/mol. The average Bonchev–Trinajstić information content (AvgIpc) is 3.06. The summed E-state index contributed by atoms with van der Waals surface area (Å²) in [6.07, 6.45) is 7.81. The van der Waals surface area contributed by atoms with Crippen molar-refractivity contribution in [2.75, 3.05) is 39.9 Å². The molecule has 0 bridgehead atoms. The van der Waals surface area contributed by atoms with Crippen LogP contribution in [0.15, 0.2) is 12.4 Å².